The van der Waals surface area contributed by atoms with Crippen molar-refractivity contribution in [1.29, 1.82) is 0 Å². The van der Waals surface area contributed by atoms with Gasteiger partial charge in [0.15, 0.2) is 0 Å². The third-order valence-electron chi connectivity index (χ3n) is 4.15. The molecule has 1 atom stereocenters. The third-order valence-corrected chi connectivity index (χ3v) is 4.15. The summed E-state index contributed by atoms with van der Waals surface area (Å²) < 4.78 is 0. The van der Waals surface area contributed by atoms with Crippen LogP contribution in [0.15, 0.2) is 0 Å². The first-order valence-corrected chi connectivity index (χ1v) is 7.47. The van der Waals surface area contributed by atoms with E-state index in [1.165, 1.54) is 25.9 Å². The average molecular weight is 271 g/mol. The highest BCUT2D eigenvalue weighted by Crippen LogP contribution is 2.15. The summed E-state index contributed by atoms with van der Waals surface area (Å²) in [6.45, 7) is 9.18. The zero-order valence-corrected chi connectivity index (χ0v) is 12.6. The molecule has 0 spiro atoms. The van der Waals surface area contributed by atoms with Crippen LogP contribution >= 0.6 is 0 Å². The Morgan fingerprint density at radius 3 is 2.53 bits per heavy atom. The Hall–Kier alpha value is -0.650. The summed E-state index contributed by atoms with van der Waals surface area (Å²) in [7, 11) is 2.12. The third kappa shape index (κ3) is 5.47. The molecule has 1 aliphatic rings. The molecule has 5 heteroatoms. The van der Waals surface area contributed by atoms with Gasteiger partial charge in [-0.05, 0) is 52.5 Å². The molecule has 0 aromatic carbocycles. The molecule has 1 fully saturated rings. The zero-order valence-electron chi connectivity index (χ0n) is 12.6. The summed E-state index contributed by atoms with van der Waals surface area (Å²) in [6.07, 6.45) is 3.07. The molecule has 0 radical (unpaired) electrons. The quantitative estimate of drug-likeness (QED) is 0.685. The molecule has 0 aromatic heterocycles. The van der Waals surface area contributed by atoms with Crippen LogP contribution in [0.2, 0.25) is 0 Å². The van der Waals surface area contributed by atoms with Crippen LogP contribution in [0.25, 0.3) is 0 Å². The number of likely N-dealkylation sites (N-methyl/N-ethyl adjacent to an activating group) is 1. The Bertz CT molecular complexity index is 265. The van der Waals surface area contributed by atoms with Crippen LogP contribution in [0.4, 0.5) is 0 Å². The van der Waals surface area contributed by atoms with Crippen molar-refractivity contribution < 1.29 is 9.90 Å². The molecule has 1 saturated heterocycles. The van der Waals surface area contributed by atoms with E-state index in [2.05, 4.69) is 29.1 Å². The van der Waals surface area contributed by atoms with Crippen LogP contribution in [0.1, 0.15) is 33.1 Å². The molecule has 0 amide bonds. The molecule has 1 rings (SSSR count). The van der Waals surface area contributed by atoms with Crippen LogP contribution < -0.4 is 5.32 Å². The highest BCUT2D eigenvalue weighted by atomic mass is 16.4. The molecule has 112 valence electrons. The molecule has 0 saturated carbocycles. The van der Waals surface area contributed by atoms with E-state index in [-0.39, 0.29) is 0 Å². The Balaban J connectivity index is 2.30. The monoisotopic (exact) mass is 271 g/mol. The fourth-order valence-electron chi connectivity index (χ4n) is 2.75. The lowest BCUT2D eigenvalue weighted by molar-refractivity contribution is -0.139. The largest absolute Gasteiger partial charge is 0.480 e. The van der Waals surface area contributed by atoms with Crippen molar-refractivity contribution in [3.63, 3.8) is 0 Å². The van der Waals surface area contributed by atoms with Crippen molar-refractivity contribution in [3.05, 3.63) is 0 Å². The minimum atomic E-state index is -0.740. The van der Waals surface area contributed by atoms with Gasteiger partial charge in [0.05, 0.1) is 0 Å². The predicted molar refractivity (Wildman–Crippen MR) is 77.5 cm³/mol. The van der Waals surface area contributed by atoms with E-state index >= 15 is 0 Å². The standard InChI is InChI=1S/C14H29N3O2/c1-4-15-13(14(18)19)8-9-16(3)12-6-10-17(5-2)11-7-12/h12-13,15H,4-11H2,1-3H3,(H,18,19). The van der Waals surface area contributed by atoms with Crippen LogP contribution in [0.5, 0.6) is 0 Å². The maximum Gasteiger partial charge on any atom is 0.320 e. The topological polar surface area (TPSA) is 55.8 Å². The normalized spacial score (nSPS) is 19.8. The zero-order chi connectivity index (χ0) is 14.3. The molecular weight excluding hydrogens is 242 g/mol. The van der Waals surface area contributed by atoms with E-state index in [4.69, 9.17) is 5.11 Å². The maximum absolute atomic E-state index is 11.1. The summed E-state index contributed by atoms with van der Waals surface area (Å²) in [4.78, 5) is 15.9. The van der Waals surface area contributed by atoms with Gasteiger partial charge in [0.1, 0.15) is 6.04 Å². The molecule has 19 heavy (non-hydrogen) atoms. The lowest BCUT2D eigenvalue weighted by atomic mass is 10.0. The Morgan fingerprint density at radius 2 is 2.05 bits per heavy atom. The summed E-state index contributed by atoms with van der Waals surface area (Å²) >= 11 is 0. The van der Waals surface area contributed by atoms with Crippen LogP contribution in [0.3, 0.4) is 0 Å². The molecule has 1 unspecified atom stereocenters. The number of carbonyl (C=O) groups is 1. The van der Waals surface area contributed by atoms with Crippen molar-refractivity contribution in [2.45, 2.75) is 45.2 Å². The fourth-order valence-corrected chi connectivity index (χ4v) is 2.75. The van der Waals surface area contributed by atoms with E-state index in [0.29, 0.717) is 19.0 Å². The summed E-state index contributed by atoms with van der Waals surface area (Å²) in [5.74, 6) is -0.740. The van der Waals surface area contributed by atoms with E-state index in [9.17, 15) is 4.79 Å². The van der Waals surface area contributed by atoms with E-state index < -0.39 is 12.0 Å². The smallest absolute Gasteiger partial charge is 0.320 e. The summed E-state index contributed by atoms with van der Waals surface area (Å²) in [5.41, 5.74) is 0. The first-order valence-electron chi connectivity index (χ1n) is 7.47. The van der Waals surface area contributed by atoms with Crippen molar-refractivity contribution in [1.82, 2.24) is 15.1 Å². The number of rotatable bonds is 8. The van der Waals surface area contributed by atoms with E-state index in [0.717, 1.165) is 13.1 Å². The van der Waals surface area contributed by atoms with Crippen LogP contribution in [-0.4, -0.2) is 72.7 Å². The molecule has 5 nitrogen and oxygen atoms in total. The second kappa shape index (κ2) is 8.51. The van der Waals surface area contributed by atoms with Crippen LogP contribution in [-0.2, 0) is 4.79 Å². The van der Waals surface area contributed by atoms with Crippen molar-refractivity contribution >= 4 is 5.97 Å². The summed E-state index contributed by atoms with van der Waals surface area (Å²) in [5, 5.41) is 12.1. The van der Waals surface area contributed by atoms with Gasteiger partial charge in [-0.25, -0.2) is 0 Å². The molecule has 2 N–H and O–H groups in total. The highest BCUT2D eigenvalue weighted by Gasteiger charge is 2.23. The number of piperidine rings is 1. The highest BCUT2D eigenvalue weighted by molar-refractivity contribution is 5.73. The van der Waals surface area contributed by atoms with Gasteiger partial charge in [-0.2, -0.15) is 0 Å². The molecule has 1 aliphatic heterocycles. The first-order chi connectivity index (χ1) is 9.08. The second-order valence-electron chi connectivity index (χ2n) is 5.38. The number of hydrogen-bond acceptors (Lipinski definition) is 4. The number of likely N-dealkylation sites (tertiary alicyclic amines) is 1. The SMILES string of the molecule is CCNC(CCN(C)C1CCN(CC)CC1)C(=O)O. The number of nitrogens with one attached hydrogen (secondary N) is 1. The van der Waals surface area contributed by atoms with Gasteiger partial charge in [-0.1, -0.05) is 13.8 Å². The van der Waals surface area contributed by atoms with Gasteiger partial charge >= 0.3 is 5.97 Å². The number of aliphatic carboxylic acids is 1. The molecular formula is C14H29N3O2. The van der Waals surface area contributed by atoms with Gasteiger partial charge < -0.3 is 20.2 Å². The van der Waals surface area contributed by atoms with E-state index in [1.807, 2.05) is 6.92 Å². The van der Waals surface area contributed by atoms with Gasteiger partial charge in [0.25, 0.3) is 0 Å². The minimum Gasteiger partial charge on any atom is -0.480 e. The maximum atomic E-state index is 11.1. The van der Waals surface area contributed by atoms with Crippen molar-refractivity contribution in [3.8, 4) is 0 Å². The second-order valence-corrected chi connectivity index (χ2v) is 5.38. The number of hydrogen-bond donors (Lipinski definition) is 2. The molecule has 0 aromatic rings. The number of carboxylic acids is 1. The lowest BCUT2D eigenvalue weighted by Crippen LogP contribution is -2.45. The molecule has 0 aliphatic carbocycles. The predicted octanol–water partition coefficient (Wildman–Crippen LogP) is 0.855. The van der Waals surface area contributed by atoms with Gasteiger partial charge in [-0.15, -0.1) is 0 Å². The average Bonchev–Trinajstić information content (AvgIpc) is 2.42. The molecule has 1 heterocycles. The van der Waals surface area contributed by atoms with Gasteiger partial charge in [0, 0.05) is 12.6 Å². The molecule has 0 bridgehead atoms. The van der Waals surface area contributed by atoms with Gasteiger partial charge in [0.2, 0.25) is 0 Å². The Labute approximate surface area is 117 Å². The number of nitrogens with zero attached hydrogens (tertiary/aromatic N) is 2. The summed E-state index contributed by atoms with van der Waals surface area (Å²) in [6, 6.07) is 0.196. The lowest BCUT2D eigenvalue weighted by Gasteiger charge is -2.36. The number of carboxylic acid groups (broad SMARTS) is 1. The van der Waals surface area contributed by atoms with Crippen molar-refractivity contribution in [2.24, 2.45) is 0 Å². The Kier molecular flexibility index (Phi) is 7.34. The van der Waals surface area contributed by atoms with Crippen molar-refractivity contribution in [2.75, 3.05) is 39.8 Å². The van der Waals surface area contributed by atoms with E-state index in [1.54, 1.807) is 0 Å². The Morgan fingerprint density at radius 1 is 1.42 bits per heavy atom. The van der Waals surface area contributed by atoms with Gasteiger partial charge in [-0.3, -0.25) is 4.79 Å². The minimum absolute atomic E-state index is 0.414. The first kappa shape index (κ1) is 16.4. The van der Waals surface area contributed by atoms with Crippen LogP contribution in [0, 0.1) is 0 Å². The fraction of sp³-hybridized carbons (Fsp3) is 0.929.